The molecule has 2 nitrogen and oxygen atoms in total. The predicted octanol–water partition coefficient (Wildman–Crippen LogP) is 2.38. The zero-order chi connectivity index (χ0) is 8.59. The van der Waals surface area contributed by atoms with Gasteiger partial charge in [-0.25, -0.2) is 4.79 Å². The molecule has 0 unspecified atom stereocenters. The molecule has 0 aromatic carbocycles. The molecular formula is C5HClF2O2S. The average molecular weight is 199 g/mol. The van der Waals surface area contributed by atoms with Gasteiger partial charge in [-0.05, 0) is 0 Å². The molecule has 0 aliphatic carbocycles. The van der Waals surface area contributed by atoms with E-state index in [0.29, 0.717) is 0 Å². The standard InChI is InChI=1S/C5HClF2O2S/c6-2-1(5(9)10)3(7)11-4(2)8/h(H,9,10). The molecule has 0 atom stereocenters. The Morgan fingerprint density at radius 2 is 2.00 bits per heavy atom. The van der Waals surface area contributed by atoms with Crippen molar-refractivity contribution in [3.05, 3.63) is 20.8 Å². The Labute approximate surface area is 69.0 Å². The number of rotatable bonds is 1. The van der Waals surface area contributed by atoms with Crippen LogP contribution in [0, 0.1) is 10.3 Å². The highest BCUT2D eigenvalue weighted by Gasteiger charge is 2.22. The van der Waals surface area contributed by atoms with Crippen LogP contribution in [0.25, 0.3) is 0 Å². The van der Waals surface area contributed by atoms with Gasteiger partial charge in [-0.1, -0.05) is 22.9 Å². The SMILES string of the molecule is O=C(O)c1c(F)sc(F)c1Cl. The number of hydrogen-bond acceptors (Lipinski definition) is 2. The Hall–Kier alpha value is -0.680. The molecule has 60 valence electrons. The summed E-state index contributed by atoms with van der Waals surface area (Å²) in [7, 11) is 0. The highest BCUT2D eigenvalue weighted by Crippen LogP contribution is 2.29. The average Bonchev–Trinajstić information content (AvgIpc) is 2.07. The Morgan fingerprint density at radius 1 is 1.45 bits per heavy atom. The van der Waals surface area contributed by atoms with Gasteiger partial charge in [0.25, 0.3) is 0 Å². The summed E-state index contributed by atoms with van der Waals surface area (Å²) in [5, 5.41) is 5.49. The summed E-state index contributed by atoms with van der Waals surface area (Å²) in [6.45, 7) is 0. The molecule has 0 saturated heterocycles. The third-order valence-electron chi connectivity index (χ3n) is 0.982. The van der Waals surface area contributed by atoms with E-state index in [-0.39, 0.29) is 11.3 Å². The van der Waals surface area contributed by atoms with E-state index < -0.39 is 26.8 Å². The lowest BCUT2D eigenvalue weighted by atomic mass is 10.3. The minimum atomic E-state index is -1.56. The molecule has 0 radical (unpaired) electrons. The van der Waals surface area contributed by atoms with Crippen LogP contribution in [-0.2, 0) is 0 Å². The maximum Gasteiger partial charge on any atom is 0.341 e. The molecule has 0 bridgehead atoms. The van der Waals surface area contributed by atoms with Crippen LogP contribution in [0.5, 0.6) is 0 Å². The van der Waals surface area contributed by atoms with Crippen molar-refractivity contribution in [2.75, 3.05) is 0 Å². The van der Waals surface area contributed by atoms with E-state index in [4.69, 9.17) is 16.7 Å². The molecule has 0 aliphatic heterocycles. The normalized spacial score (nSPS) is 10.1. The second kappa shape index (κ2) is 2.75. The second-order valence-electron chi connectivity index (χ2n) is 1.64. The molecule has 6 heteroatoms. The van der Waals surface area contributed by atoms with Crippen LogP contribution >= 0.6 is 22.9 Å². The molecule has 1 heterocycles. The molecule has 1 N–H and O–H groups in total. The van der Waals surface area contributed by atoms with Gasteiger partial charge >= 0.3 is 5.97 Å². The van der Waals surface area contributed by atoms with Crippen molar-refractivity contribution in [1.82, 2.24) is 0 Å². The Balaban J connectivity index is 3.34. The summed E-state index contributed by atoms with van der Waals surface area (Å²) in [4.78, 5) is 10.2. The number of carbonyl (C=O) groups is 1. The van der Waals surface area contributed by atoms with Crippen molar-refractivity contribution in [2.45, 2.75) is 0 Å². The molecule has 0 amide bonds. The second-order valence-corrected chi connectivity index (χ2v) is 2.94. The third kappa shape index (κ3) is 1.34. The van der Waals surface area contributed by atoms with Crippen molar-refractivity contribution in [2.24, 2.45) is 0 Å². The summed E-state index contributed by atoms with van der Waals surface area (Å²) < 4.78 is 24.8. The molecule has 1 aromatic heterocycles. The molecule has 0 spiro atoms. The quantitative estimate of drug-likeness (QED) is 0.752. The number of thiophene rings is 1. The minimum Gasteiger partial charge on any atom is -0.478 e. The molecule has 0 saturated carbocycles. The number of carboxylic acid groups (broad SMARTS) is 1. The van der Waals surface area contributed by atoms with Crippen molar-refractivity contribution in [3.63, 3.8) is 0 Å². The molecule has 1 rings (SSSR count). The number of aromatic carboxylic acids is 1. The van der Waals surface area contributed by atoms with E-state index in [1.54, 1.807) is 0 Å². The van der Waals surface area contributed by atoms with Gasteiger partial charge in [0.05, 0.1) is 0 Å². The van der Waals surface area contributed by atoms with Crippen molar-refractivity contribution in [3.8, 4) is 0 Å². The first-order valence-corrected chi connectivity index (χ1v) is 3.60. The fourth-order valence-corrected chi connectivity index (χ4v) is 1.51. The summed E-state index contributed by atoms with van der Waals surface area (Å²) >= 11 is 5.20. The van der Waals surface area contributed by atoms with Crippen molar-refractivity contribution in [1.29, 1.82) is 0 Å². The lowest BCUT2D eigenvalue weighted by molar-refractivity contribution is 0.0693. The number of hydrogen-bond donors (Lipinski definition) is 1. The summed E-state index contributed by atoms with van der Waals surface area (Å²) in [5.74, 6) is -1.56. The van der Waals surface area contributed by atoms with Gasteiger partial charge < -0.3 is 5.11 Å². The molecule has 11 heavy (non-hydrogen) atoms. The van der Waals surface area contributed by atoms with Crippen LogP contribution in [0.4, 0.5) is 8.78 Å². The van der Waals surface area contributed by atoms with Gasteiger partial charge in [-0.15, -0.1) is 0 Å². The summed E-state index contributed by atoms with van der Waals surface area (Å²) in [6, 6.07) is 0. The summed E-state index contributed by atoms with van der Waals surface area (Å²) in [5.41, 5.74) is -0.797. The van der Waals surface area contributed by atoms with Crippen LogP contribution < -0.4 is 0 Å². The fraction of sp³-hybridized carbons (Fsp3) is 0. The molecule has 0 aliphatic rings. The minimum absolute atomic E-state index is 0.0781. The van der Waals surface area contributed by atoms with Crippen LogP contribution in [0.1, 0.15) is 10.4 Å². The molecular weight excluding hydrogens is 198 g/mol. The van der Waals surface area contributed by atoms with Crippen LogP contribution in [0.3, 0.4) is 0 Å². The lowest BCUT2D eigenvalue weighted by Crippen LogP contribution is -1.96. The van der Waals surface area contributed by atoms with Gasteiger partial charge in [0.2, 0.25) is 0 Å². The smallest absolute Gasteiger partial charge is 0.341 e. The van der Waals surface area contributed by atoms with E-state index in [2.05, 4.69) is 0 Å². The first kappa shape index (κ1) is 8.42. The van der Waals surface area contributed by atoms with Gasteiger partial charge in [-0.2, -0.15) is 8.78 Å². The van der Waals surface area contributed by atoms with E-state index >= 15 is 0 Å². The Kier molecular flexibility index (Phi) is 2.10. The number of carboxylic acids is 1. The fourth-order valence-electron chi connectivity index (χ4n) is 0.537. The topological polar surface area (TPSA) is 37.3 Å². The predicted molar refractivity (Wildman–Crippen MR) is 36.2 cm³/mol. The zero-order valence-corrected chi connectivity index (χ0v) is 6.47. The zero-order valence-electron chi connectivity index (χ0n) is 4.90. The summed E-state index contributed by atoms with van der Waals surface area (Å²) in [6.07, 6.45) is 0. The van der Waals surface area contributed by atoms with E-state index in [0.717, 1.165) is 0 Å². The van der Waals surface area contributed by atoms with Gasteiger partial charge in [0.1, 0.15) is 10.6 Å². The lowest BCUT2D eigenvalue weighted by Gasteiger charge is -1.87. The van der Waals surface area contributed by atoms with Gasteiger partial charge in [0, 0.05) is 0 Å². The first-order valence-electron chi connectivity index (χ1n) is 2.40. The van der Waals surface area contributed by atoms with Gasteiger partial charge in [-0.3, -0.25) is 0 Å². The largest absolute Gasteiger partial charge is 0.478 e. The highest BCUT2D eigenvalue weighted by molar-refractivity contribution is 7.09. The van der Waals surface area contributed by atoms with Gasteiger partial charge in [0.15, 0.2) is 10.3 Å². The van der Waals surface area contributed by atoms with E-state index in [1.807, 2.05) is 0 Å². The van der Waals surface area contributed by atoms with Crippen molar-refractivity contribution >= 4 is 28.9 Å². The Bertz CT molecular complexity index is 310. The maximum absolute atomic E-state index is 12.4. The maximum atomic E-state index is 12.4. The van der Waals surface area contributed by atoms with Crippen LogP contribution in [0.15, 0.2) is 0 Å². The number of halogens is 3. The van der Waals surface area contributed by atoms with Crippen molar-refractivity contribution < 1.29 is 18.7 Å². The molecule has 1 aromatic rings. The first-order chi connectivity index (χ1) is 5.04. The monoisotopic (exact) mass is 198 g/mol. The van der Waals surface area contributed by atoms with Crippen LogP contribution in [-0.4, -0.2) is 11.1 Å². The third-order valence-corrected chi connectivity index (χ3v) is 2.22. The highest BCUT2D eigenvalue weighted by atomic mass is 35.5. The van der Waals surface area contributed by atoms with E-state index in [9.17, 15) is 13.6 Å². The molecule has 0 fully saturated rings. The van der Waals surface area contributed by atoms with E-state index in [1.165, 1.54) is 0 Å². The van der Waals surface area contributed by atoms with Crippen LogP contribution in [0.2, 0.25) is 5.02 Å². The Morgan fingerprint density at radius 3 is 2.18 bits per heavy atom.